The molecule has 2 saturated heterocycles. The molecule has 2 aliphatic heterocycles. The quantitative estimate of drug-likeness (QED) is 0.312. The van der Waals surface area contributed by atoms with Crippen molar-refractivity contribution in [2.45, 2.75) is 19.4 Å². The molecule has 2 heterocycles. The normalized spacial score (nSPS) is 19.8. The number of ketones is 1. The summed E-state index contributed by atoms with van der Waals surface area (Å²) in [6.07, 6.45) is 0.665. The van der Waals surface area contributed by atoms with Gasteiger partial charge in [-0.25, -0.2) is 0 Å². The zero-order valence-electron chi connectivity index (χ0n) is 21.8. The lowest BCUT2D eigenvalue weighted by Gasteiger charge is -2.29. The van der Waals surface area contributed by atoms with Gasteiger partial charge in [0, 0.05) is 31.7 Å². The molecule has 2 fully saturated rings. The Hall–Kier alpha value is -3.56. The molecule has 9 heteroatoms. The summed E-state index contributed by atoms with van der Waals surface area (Å²) >= 11 is 0. The molecule has 2 aromatic rings. The van der Waals surface area contributed by atoms with E-state index in [1.807, 2.05) is 19.1 Å². The lowest BCUT2D eigenvalue weighted by atomic mass is 9.94. The predicted octanol–water partition coefficient (Wildman–Crippen LogP) is 3.16. The first kappa shape index (κ1) is 26.5. The van der Waals surface area contributed by atoms with Crippen LogP contribution in [0.2, 0.25) is 0 Å². The second-order valence-electron chi connectivity index (χ2n) is 9.12. The number of hydrogen-bond donors (Lipinski definition) is 1. The van der Waals surface area contributed by atoms with E-state index >= 15 is 0 Å². The number of carbonyl (C=O) groups excluding carboxylic acids is 2. The number of nitrogens with zero attached hydrogens (tertiary/aromatic N) is 2. The van der Waals surface area contributed by atoms with Gasteiger partial charge < -0.3 is 29.0 Å². The molecule has 0 aromatic heterocycles. The topological polar surface area (TPSA) is 97.8 Å². The molecule has 1 amide bonds. The van der Waals surface area contributed by atoms with E-state index < -0.39 is 17.7 Å². The van der Waals surface area contributed by atoms with Crippen molar-refractivity contribution in [3.8, 4) is 17.2 Å². The van der Waals surface area contributed by atoms with Crippen LogP contribution in [0, 0.1) is 6.92 Å². The van der Waals surface area contributed by atoms with Gasteiger partial charge in [0.05, 0.1) is 46.2 Å². The average Bonchev–Trinajstić information content (AvgIpc) is 3.17. The van der Waals surface area contributed by atoms with Gasteiger partial charge in [0.2, 0.25) is 5.75 Å². The van der Waals surface area contributed by atoms with Crippen molar-refractivity contribution in [1.29, 1.82) is 0 Å². The maximum atomic E-state index is 13.4. The number of carbonyl (C=O) groups is 2. The van der Waals surface area contributed by atoms with Gasteiger partial charge in [0.1, 0.15) is 5.76 Å². The van der Waals surface area contributed by atoms with Gasteiger partial charge in [-0.3, -0.25) is 14.5 Å². The molecule has 0 saturated carbocycles. The molecule has 2 aromatic carbocycles. The molecular formula is C28H34N2O7. The van der Waals surface area contributed by atoms with E-state index in [-0.39, 0.29) is 11.3 Å². The van der Waals surface area contributed by atoms with Gasteiger partial charge in [0.15, 0.2) is 11.5 Å². The van der Waals surface area contributed by atoms with Gasteiger partial charge in [-0.2, -0.15) is 0 Å². The van der Waals surface area contributed by atoms with Crippen LogP contribution in [-0.4, -0.2) is 87.3 Å². The number of rotatable bonds is 9. The SMILES string of the molecule is COc1cc(C2C(=C(O)c3ccc(C)cc3)C(=O)C(=O)N2CCCN2CCOCC2)cc(OC)c1OC. The third-order valence-electron chi connectivity index (χ3n) is 6.84. The van der Waals surface area contributed by atoms with Gasteiger partial charge in [-0.15, -0.1) is 0 Å². The lowest BCUT2D eigenvalue weighted by Crippen LogP contribution is -2.39. The Morgan fingerprint density at radius 2 is 1.59 bits per heavy atom. The van der Waals surface area contributed by atoms with E-state index in [0.29, 0.717) is 54.6 Å². The molecule has 2 aliphatic rings. The Morgan fingerprint density at radius 1 is 0.973 bits per heavy atom. The standard InChI is InChI=1S/C28H34N2O7/c1-18-6-8-19(9-7-18)25(31)23-24(20-16-21(34-2)27(36-4)22(17-20)35-3)30(28(33)26(23)32)11-5-10-29-12-14-37-15-13-29/h6-9,16-17,24,31H,5,10-15H2,1-4H3. The Bertz CT molecular complexity index is 1140. The number of morpholine rings is 1. The van der Waals surface area contributed by atoms with Gasteiger partial charge in [-0.05, 0) is 31.0 Å². The van der Waals surface area contributed by atoms with Gasteiger partial charge in [-0.1, -0.05) is 29.8 Å². The lowest BCUT2D eigenvalue weighted by molar-refractivity contribution is -0.140. The Labute approximate surface area is 217 Å². The highest BCUT2D eigenvalue weighted by Gasteiger charge is 2.46. The van der Waals surface area contributed by atoms with Crippen molar-refractivity contribution < 1.29 is 33.6 Å². The van der Waals surface area contributed by atoms with Crippen molar-refractivity contribution in [2.75, 3.05) is 60.7 Å². The van der Waals surface area contributed by atoms with Crippen molar-refractivity contribution in [3.63, 3.8) is 0 Å². The molecule has 37 heavy (non-hydrogen) atoms. The van der Waals surface area contributed by atoms with Crippen LogP contribution in [0.15, 0.2) is 42.0 Å². The summed E-state index contributed by atoms with van der Waals surface area (Å²) in [5.74, 6) is -0.390. The highest BCUT2D eigenvalue weighted by molar-refractivity contribution is 6.46. The smallest absolute Gasteiger partial charge is 0.295 e. The average molecular weight is 511 g/mol. The molecular weight excluding hydrogens is 476 g/mol. The number of hydrogen-bond acceptors (Lipinski definition) is 8. The maximum absolute atomic E-state index is 13.4. The van der Waals surface area contributed by atoms with E-state index in [1.165, 1.54) is 26.2 Å². The number of aliphatic hydroxyl groups excluding tert-OH is 1. The van der Waals surface area contributed by atoms with Crippen LogP contribution in [0.5, 0.6) is 17.2 Å². The molecule has 1 unspecified atom stereocenters. The van der Waals surface area contributed by atoms with Gasteiger partial charge in [0.25, 0.3) is 11.7 Å². The van der Waals surface area contributed by atoms with Crippen molar-refractivity contribution in [2.24, 2.45) is 0 Å². The summed E-state index contributed by atoms with van der Waals surface area (Å²) in [6.45, 7) is 6.09. The van der Waals surface area contributed by atoms with Crippen LogP contribution in [-0.2, 0) is 14.3 Å². The van der Waals surface area contributed by atoms with Crippen LogP contribution in [0.1, 0.15) is 29.2 Å². The summed E-state index contributed by atoms with van der Waals surface area (Å²) in [7, 11) is 4.52. The summed E-state index contributed by atoms with van der Waals surface area (Å²) in [5.41, 5.74) is 2.10. The Morgan fingerprint density at radius 3 is 2.16 bits per heavy atom. The minimum absolute atomic E-state index is 0.0366. The molecule has 0 spiro atoms. The molecule has 1 atom stereocenters. The van der Waals surface area contributed by atoms with Crippen molar-refractivity contribution in [3.05, 3.63) is 58.7 Å². The van der Waals surface area contributed by atoms with Crippen LogP contribution in [0.4, 0.5) is 0 Å². The zero-order chi connectivity index (χ0) is 26.5. The zero-order valence-corrected chi connectivity index (χ0v) is 21.8. The van der Waals surface area contributed by atoms with Gasteiger partial charge >= 0.3 is 0 Å². The fourth-order valence-corrected chi connectivity index (χ4v) is 4.87. The molecule has 0 radical (unpaired) electrons. The molecule has 9 nitrogen and oxygen atoms in total. The van der Waals surface area contributed by atoms with E-state index in [2.05, 4.69) is 4.90 Å². The van der Waals surface area contributed by atoms with Crippen LogP contribution >= 0.6 is 0 Å². The highest BCUT2D eigenvalue weighted by Crippen LogP contribution is 2.45. The predicted molar refractivity (Wildman–Crippen MR) is 138 cm³/mol. The number of methoxy groups -OCH3 is 3. The fourth-order valence-electron chi connectivity index (χ4n) is 4.87. The molecule has 0 aliphatic carbocycles. The summed E-state index contributed by atoms with van der Waals surface area (Å²) in [5, 5.41) is 11.3. The maximum Gasteiger partial charge on any atom is 0.295 e. The third kappa shape index (κ3) is 5.42. The molecule has 4 rings (SSSR count). The molecule has 1 N–H and O–H groups in total. The Balaban J connectivity index is 1.77. The second-order valence-corrected chi connectivity index (χ2v) is 9.12. The number of aliphatic hydroxyl groups is 1. The first-order valence-corrected chi connectivity index (χ1v) is 12.3. The highest BCUT2D eigenvalue weighted by atomic mass is 16.5. The van der Waals surface area contributed by atoms with E-state index in [9.17, 15) is 14.7 Å². The van der Waals surface area contributed by atoms with E-state index in [1.54, 1.807) is 24.3 Å². The number of aryl methyl sites for hydroxylation is 1. The number of Topliss-reactive ketones (excluding diaryl/α,β-unsaturated/α-hetero) is 1. The first-order valence-electron chi connectivity index (χ1n) is 12.3. The number of benzene rings is 2. The fraction of sp³-hybridized carbons (Fsp3) is 0.429. The Kier molecular flexibility index (Phi) is 8.35. The monoisotopic (exact) mass is 510 g/mol. The minimum Gasteiger partial charge on any atom is -0.507 e. The number of likely N-dealkylation sites (tertiary alicyclic amines) is 1. The minimum atomic E-state index is -0.820. The first-order chi connectivity index (χ1) is 17.9. The van der Waals surface area contributed by atoms with E-state index in [4.69, 9.17) is 18.9 Å². The van der Waals surface area contributed by atoms with Crippen LogP contribution < -0.4 is 14.2 Å². The number of ether oxygens (including phenoxy) is 4. The largest absolute Gasteiger partial charge is 0.507 e. The summed E-state index contributed by atoms with van der Waals surface area (Å²) in [4.78, 5) is 30.5. The third-order valence-corrected chi connectivity index (χ3v) is 6.84. The molecule has 198 valence electrons. The summed E-state index contributed by atoms with van der Waals surface area (Å²) in [6, 6.07) is 9.79. The summed E-state index contributed by atoms with van der Waals surface area (Å²) < 4.78 is 21.9. The molecule has 0 bridgehead atoms. The second kappa shape index (κ2) is 11.7. The van der Waals surface area contributed by atoms with Crippen LogP contribution in [0.25, 0.3) is 5.76 Å². The van der Waals surface area contributed by atoms with Crippen molar-refractivity contribution >= 4 is 17.4 Å². The number of amides is 1. The van der Waals surface area contributed by atoms with Crippen molar-refractivity contribution in [1.82, 2.24) is 9.80 Å². The van der Waals surface area contributed by atoms with E-state index in [0.717, 1.165) is 25.2 Å². The van der Waals surface area contributed by atoms with Crippen LogP contribution in [0.3, 0.4) is 0 Å².